The summed E-state index contributed by atoms with van der Waals surface area (Å²) < 4.78 is 5.11. The third-order valence-corrected chi connectivity index (χ3v) is 4.10. The number of ether oxygens (including phenoxy) is 1. The average molecular weight is 357 g/mol. The van der Waals surface area contributed by atoms with Crippen molar-refractivity contribution in [3.63, 3.8) is 0 Å². The normalized spacial score (nSPS) is 11.8. The van der Waals surface area contributed by atoms with Crippen molar-refractivity contribution in [1.29, 1.82) is 0 Å². The third-order valence-electron chi connectivity index (χ3n) is 3.74. The van der Waals surface area contributed by atoms with E-state index in [4.69, 9.17) is 4.74 Å². The summed E-state index contributed by atoms with van der Waals surface area (Å²) in [6.07, 6.45) is 0.758. The highest BCUT2D eigenvalue weighted by molar-refractivity contribution is 7.80. The maximum atomic E-state index is 12.7. The molecule has 1 N–H and O–H groups in total. The number of esters is 1. The van der Waals surface area contributed by atoms with Crippen molar-refractivity contribution < 1.29 is 14.3 Å². The highest BCUT2D eigenvalue weighted by Crippen LogP contribution is 2.23. The van der Waals surface area contributed by atoms with Crippen molar-refractivity contribution in [2.24, 2.45) is 0 Å². The van der Waals surface area contributed by atoms with E-state index >= 15 is 0 Å². The van der Waals surface area contributed by atoms with Gasteiger partial charge in [0.25, 0.3) is 0 Å². The van der Waals surface area contributed by atoms with Crippen LogP contribution in [0, 0.1) is 0 Å². The van der Waals surface area contributed by atoms with E-state index in [1.165, 1.54) is 0 Å². The number of Topliss-reactive ketones (excluding diaryl/α,β-unsaturated/α-hetero) is 1. The predicted molar refractivity (Wildman–Crippen MR) is 103 cm³/mol. The Morgan fingerprint density at radius 2 is 1.76 bits per heavy atom. The standard InChI is InChI=1S/C20H23NO3S/c1-2-12-24-20(23)18(14-25)21-13-19(22)17-11-7-6-10-16(17)15-8-4-3-5-9-15/h3-11,18,21,25H,2,12-14H2,1H3/t18-/m1/s1. The first kappa shape index (κ1) is 19.2. The SMILES string of the molecule is CCCOC(=O)[C@@H](CS)NCC(=O)c1ccccc1-c1ccccc1. The molecule has 0 unspecified atom stereocenters. The molecule has 4 nitrogen and oxygen atoms in total. The van der Waals surface area contributed by atoms with Crippen LogP contribution in [0.4, 0.5) is 0 Å². The molecule has 0 aliphatic heterocycles. The molecule has 0 aliphatic rings. The van der Waals surface area contributed by atoms with Gasteiger partial charge in [0.1, 0.15) is 6.04 Å². The smallest absolute Gasteiger partial charge is 0.323 e. The molecule has 2 rings (SSSR count). The van der Waals surface area contributed by atoms with Crippen molar-refractivity contribution >= 4 is 24.4 Å². The summed E-state index contributed by atoms with van der Waals surface area (Å²) in [4.78, 5) is 24.6. The molecule has 0 saturated carbocycles. The van der Waals surface area contributed by atoms with Crippen LogP contribution in [0.2, 0.25) is 0 Å². The Balaban J connectivity index is 2.07. The van der Waals surface area contributed by atoms with Crippen LogP contribution in [-0.2, 0) is 9.53 Å². The molecular formula is C20H23NO3S. The Bertz CT molecular complexity index is 703. The van der Waals surface area contributed by atoms with E-state index in [9.17, 15) is 9.59 Å². The van der Waals surface area contributed by atoms with Gasteiger partial charge in [-0.2, -0.15) is 12.6 Å². The molecule has 132 valence electrons. The summed E-state index contributed by atoms with van der Waals surface area (Å²) in [5.41, 5.74) is 2.49. The van der Waals surface area contributed by atoms with Gasteiger partial charge in [0.2, 0.25) is 0 Å². The summed E-state index contributed by atoms with van der Waals surface area (Å²) in [6, 6.07) is 16.6. The summed E-state index contributed by atoms with van der Waals surface area (Å²) >= 11 is 4.17. The summed E-state index contributed by atoms with van der Waals surface area (Å²) in [7, 11) is 0. The van der Waals surface area contributed by atoms with Crippen LogP contribution in [0.1, 0.15) is 23.7 Å². The molecule has 2 aromatic carbocycles. The van der Waals surface area contributed by atoms with Crippen molar-refractivity contribution in [2.75, 3.05) is 18.9 Å². The zero-order valence-corrected chi connectivity index (χ0v) is 15.2. The van der Waals surface area contributed by atoms with Gasteiger partial charge in [-0.3, -0.25) is 14.9 Å². The average Bonchev–Trinajstić information content (AvgIpc) is 2.67. The first-order valence-corrected chi connectivity index (χ1v) is 8.99. The molecular weight excluding hydrogens is 334 g/mol. The zero-order valence-electron chi connectivity index (χ0n) is 14.3. The second-order valence-corrected chi connectivity index (χ2v) is 5.98. The Labute approximate surface area is 154 Å². The third kappa shape index (κ3) is 5.44. The first-order valence-electron chi connectivity index (χ1n) is 8.36. The lowest BCUT2D eigenvalue weighted by Gasteiger charge is -2.16. The Morgan fingerprint density at radius 3 is 2.44 bits per heavy atom. The van der Waals surface area contributed by atoms with Gasteiger partial charge in [-0.15, -0.1) is 0 Å². The number of ketones is 1. The lowest BCUT2D eigenvalue weighted by Crippen LogP contribution is -2.42. The highest BCUT2D eigenvalue weighted by Gasteiger charge is 2.20. The van der Waals surface area contributed by atoms with E-state index < -0.39 is 6.04 Å². The minimum absolute atomic E-state index is 0.0519. The van der Waals surface area contributed by atoms with Crippen molar-refractivity contribution in [3.8, 4) is 11.1 Å². The van der Waals surface area contributed by atoms with Crippen LogP contribution in [0.25, 0.3) is 11.1 Å². The second-order valence-electron chi connectivity index (χ2n) is 5.62. The number of hydrogen-bond acceptors (Lipinski definition) is 5. The van der Waals surface area contributed by atoms with Gasteiger partial charge in [-0.05, 0) is 17.5 Å². The lowest BCUT2D eigenvalue weighted by atomic mass is 9.97. The second kappa shape index (κ2) is 10.0. The van der Waals surface area contributed by atoms with E-state index in [2.05, 4.69) is 17.9 Å². The molecule has 0 amide bonds. The molecule has 1 atom stereocenters. The van der Waals surface area contributed by atoms with Crippen molar-refractivity contribution in [2.45, 2.75) is 19.4 Å². The number of hydrogen-bond donors (Lipinski definition) is 2. The fourth-order valence-electron chi connectivity index (χ4n) is 2.43. The van der Waals surface area contributed by atoms with E-state index in [0.717, 1.165) is 17.5 Å². The molecule has 5 heteroatoms. The Hall–Kier alpha value is -2.11. The van der Waals surface area contributed by atoms with E-state index in [1.807, 2.05) is 55.5 Å². The number of benzene rings is 2. The highest BCUT2D eigenvalue weighted by atomic mass is 32.1. The van der Waals surface area contributed by atoms with Crippen LogP contribution < -0.4 is 5.32 Å². The van der Waals surface area contributed by atoms with Gasteiger partial charge in [-0.1, -0.05) is 61.5 Å². The number of thiol groups is 1. The topological polar surface area (TPSA) is 55.4 Å². The predicted octanol–water partition coefficient (Wildman–Crippen LogP) is 3.38. The van der Waals surface area contributed by atoms with Crippen LogP contribution in [-0.4, -0.2) is 36.7 Å². The minimum Gasteiger partial charge on any atom is -0.465 e. The van der Waals surface area contributed by atoms with Gasteiger partial charge in [-0.25, -0.2) is 0 Å². The molecule has 0 saturated heterocycles. The van der Waals surface area contributed by atoms with Crippen LogP contribution in [0.5, 0.6) is 0 Å². The van der Waals surface area contributed by atoms with E-state index in [1.54, 1.807) is 6.07 Å². The number of carbonyl (C=O) groups is 2. The maximum Gasteiger partial charge on any atom is 0.323 e. The molecule has 0 spiro atoms. The summed E-state index contributed by atoms with van der Waals surface area (Å²) in [6.45, 7) is 2.35. The van der Waals surface area contributed by atoms with Crippen LogP contribution in [0.3, 0.4) is 0 Å². The molecule has 0 fully saturated rings. The fraction of sp³-hybridized carbons (Fsp3) is 0.300. The maximum absolute atomic E-state index is 12.7. The molecule has 2 aromatic rings. The quantitative estimate of drug-likeness (QED) is 0.410. The molecule has 25 heavy (non-hydrogen) atoms. The first-order chi connectivity index (χ1) is 12.2. The van der Waals surface area contributed by atoms with Gasteiger partial charge in [0, 0.05) is 11.3 Å². The molecule has 0 aromatic heterocycles. The van der Waals surface area contributed by atoms with Gasteiger partial charge in [0.15, 0.2) is 5.78 Å². The van der Waals surface area contributed by atoms with Crippen LogP contribution >= 0.6 is 12.6 Å². The van der Waals surface area contributed by atoms with Gasteiger partial charge >= 0.3 is 5.97 Å². The molecule has 0 aliphatic carbocycles. The van der Waals surface area contributed by atoms with Gasteiger partial charge < -0.3 is 4.74 Å². The number of carbonyl (C=O) groups excluding carboxylic acids is 2. The summed E-state index contributed by atoms with van der Waals surface area (Å²) in [5, 5.41) is 2.95. The van der Waals surface area contributed by atoms with Crippen LogP contribution in [0.15, 0.2) is 54.6 Å². The Kier molecular flexibility index (Phi) is 7.70. The largest absolute Gasteiger partial charge is 0.465 e. The Morgan fingerprint density at radius 1 is 1.08 bits per heavy atom. The van der Waals surface area contributed by atoms with Gasteiger partial charge in [0.05, 0.1) is 13.2 Å². The van der Waals surface area contributed by atoms with Crippen molar-refractivity contribution in [3.05, 3.63) is 60.2 Å². The minimum atomic E-state index is -0.595. The number of rotatable bonds is 9. The van der Waals surface area contributed by atoms with E-state index in [0.29, 0.717) is 12.2 Å². The van der Waals surface area contributed by atoms with Crippen molar-refractivity contribution in [1.82, 2.24) is 5.32 Å². The zero-order chi connectivity index (χ0) is 18.1. The van der Waals surface area contributed by atoms with E-state index in [-0.39, 0.29) is 24.1 Å². The number of nitrogens with one attached hydrogen (secondary N) is 1. The molecule has 0 bridgehead atoms. The lowest BCUT2D eigenvalue weighted by molar-refractivity contribution is -0.145. The molecule has 0 heterocycles. The fourth-order valence-corrected chi connectivity index (χ4v) is 2.71. The molecule has 0 radical (unpaired) electrons. The summed E-state index contributed by atoms with van der Waals surface area (Å²) in [5.74, 6) is -0.175. The monoisotopic (exact) mass is 357 g/mol.